The second kappa shape index (κ2) is 15.7. The Bertz CT molecular complexity index is 263. The van der Waals surface area contributed by atoms with Gasteiger partial charge in [-0.25, -0.2) is 0 Å². The van der Waals surface area contributed by atoms with Gasteiger partial charge in [-0.05, 0) is 31.2 Å². The van der Waals surface area contributed by atoms with E-state index < -0.39 is 0 Å². The van der Waals surface area contributed by atoms with Gasteiger partial charge in [0.05, 0.1) is 0 Å². The first-order valence-electron chi connectivity index (χ1n) is 8.84. The fraction of sp³-hybridized carbons (Fsp3) is 0.941. The molecule has 0 aliphatic heterocycles. The zero-order valence-corrected chi connectivity index (χ0v) is 15.2. The predicted molar refractivity (Wildman–Crippen MR) is 108 cm³/mol. The molecule has 0 amide bonds. The van der Waals surface area contributed by atoms with E-state index in [-0.39, 0.29) is 29.6 Å². The monoisotopic (exact) mass is 354 g/mol. The second-order valence-corrected chi connectivity index (χ2v) is 8.38. The van der Waals surface area contributed by atoms with E-state index in [2.05, 4.69) is 0 Å². The minimum absolute atomic E-state index is 0. The third-order valence-electron chi connectivity index (χ3n) is 4.79. The van der Waals surface area contributed by atoms with Gasteiger partial charge in [0.25, 0.3) is 0 Å². The first-order valence-corrected chi connectivity index (χ1v) is 10.2. The summed E-state index contributed by atoms with van der Waals surface area (Å²) in [5, 5.41) is 0. The molecule has 5 heteroatoms. The van der Waals surface area contributed by atoms with E-state index in [0.717, 1.165) is 24.1 Å². The molecule has 2 aliphatic rings. The SMILES string of the molecule is NC(=S)SCCC1CCCCC1.NCCC1CCCCC1.[NaH]. The quantitative estimate of drug-likeness (QED) is 0.574. The van der Waals surface area contributed by atoms with E-state index >= 15 is 0 Å². The van der Waals surface area contributed by atoms with Gasteiger partial charge in [-0.15, -0.1) is 0 Å². The van der Waals surface area contributed by atoms with Gasteiger partial charge in [0, 0.05) is 5.75 Å². The van der Waals surface area contributed by atoms with Crippen LogP contribution in [0.5, 0.6) is 0 Å². The molecule has 22 heavy (non-hydrogen) atoms. The van der Waals surface area contributed by atoms with Gasteiger partial charge in [0.15, 0.2) is 0 Å². The molecule has 2 rings (SSSR count). The Labute approximate surface area is 169 Å². The topological polar surface area (TPSA) is 52.0 Å². The van der Waals surface area contributed by atoms with Crippen molar-refractivity contribution in [1.29, 1.82) is 0 Å². The fourth-order valence-corrected chi connectivity index (χ4v) is 4.42. The molecule has 0 aromatic carbocycles. The molecular formula is C17H35N2NaS2. The van der Waals surface area contributed by atoms with Crippen molar-refractivity contribution in [3.8, 4) is 0 Å². The Morgan fingerprint density at radius 1 is 0.864 bits per heavy atom. The van der Waals surface area contributed by atoms with E-state index in [1.807, 2.05) is 0 Å². The Balaban J connectivity index is 0.000000397. The van der Waals surface area contributed by atoms with Crippen LogP contribution in [-0.4, -0.2) is 46.2 Å². The second-order valence-electron chi connectivity index (χ2n) is 6.54. The molecule has 2 aliphatic carbocycles. The molecule has 0 atom stereocenters. The maximum absolute atomic E-state index is 5.46. The van der Waals surface area contributed by atoms with Crippen molar-refractivity contribution in [1.82, 2.24) is 0 Å². The summed E-state index contributed by atoms with van der Waals surface area (Å²) in [5.41, 5.74) is 10.9. The maximum atomic E-state index is 5.46. The molecule has 0 saturated heterocycles. The third-order valence-corrected chi connectivity index (χ3v) is 5.87. The van der Waals surface area contributed by atoms with Crippen LogP contribution >= 0.6 is 24.0 Å². The van der Waals surface area contributed by atoms with Gasteiger partial charge >= 0.3 is 29.6 Å². The molecule has 0 bridgehead atoms. The normalized spacial score (nSPS) is 19.7. The number of thiocarbonyl (C=S) groups is 1. The van der Waals surface area contributed by atoms with Crippen LogP contribution in [0.1, 0.15) is 77.0 Å². The molecule has 2 nitrogen and oxygen atoms in total. The van der Waals surface area contributed by atoms with Crippen molar-refractivity contribution < 1.29 is 0 Å². The van der Waals surface area contributed by atoms with Crippen molar-refractivity contribution in [2.75, 3.05) is 12.3 Å². The van der Waals surface area contributed by atoms with E-state index in [1.165, 1.54) is 77.0 Å². The van der Waals surface area contributed by atoms with Gasteiger partial charge < -0.3 is 11.5 Å². The van der Waals surface area contributed by atoms with Crippen LogP contribution in [-0.2, 0) is 0 Å². The van der Waals surface area contributed by atoms with Crippen molar-refractivity contribution in [3.63, 3.8) is 0 Å². The predicted octanol–water partition coefficient (Wildman–Crippen LogP) is 4.20. The first kappa shape index (κ1) is 23.2. The van der Waals surface area contributed by atoms with Gasteiger partial charge in [-0.2, -0.15) is 0 Å². The number of rotatable bonds is 5. The van der Waals surface area contributed by atoms with Gasteiger partial charge in [-0.3, -0.25) is 0 Å². The molecule has 2 fully saturated rings. The van der Waals surface area contributed by atoms with Crippen LogP contribution in [0.2, 0.25) is 0 Å². The fourth-order valence-electron chi connectivity index (χ4n) is 3.51. The van der Waals surface area contributed by atoms with Crippen LogP contribution in [0.4, 0.5) is 0 Å². The third kappa shape index (κ3) is 12.6. The standard InChI is InChI=1S/C9H17NS2.C8H17N.Na.H/c10-9(11)12-7-6-8-4-2-1-3-5-8;9-7-6-8-4-2-1-3-5-8;;/h8H,1-7H2,(H2,10,11);8H,1-7,9H2;;. The zero-order valence-electron chi connectivity index (χ0n) is 13.5. The summed E-state index contributed by atoms with van der Waals surface area (Å²) < 4.78 is 0.603. The molecule has 126 valence electrons. The van der Waals surface area contributed by atoms with Gasteiger partial charge in [0.1, 0.15) is 4.32 Å². The summed E-state index contributed by atoms with van der Waals surface area (Å²) in [4.78, 5) is 0. The molecule has 0 spiro atoms. The molecule has 0 heterocycles. The molecule has 0 aromatic heterocycles. The Hall–Kier alpha value is 1.20. The Morgan fingerprint density at radius 2 is 1.32 bits per heavy atom. The van der Waals surface area contributed by atoms with Crippen molar-refractivity contribution in [3.05, 3.63) is 0 Å². The van der Waals surface area contributed by atoms with Gasteiger partial charge in [0.2, 0.25) is 0 Å². The summed E-state index contributed by atoms with van der Waals surface area (Å²) in [6.07, 6.45) is 17.0. The molecular weight excluding hydrogens is 319 g/mol. The Kier molecular flexibility index (Phi) is 16.6. The average molecular weight is 355 g/mol. The summed E-state index contributed by atoms with van der Waals surface area (Å²) in [6, 6.07) is 0. The van der Waals surface area contributed by atoms with Crippen LogP contribution < -0.4 is 11.5 Å². The van der Waals surface area contributed by atoms with E-state index in [4.69, 9.17) is 23.7 Å². The minimum atomic E-state index is 0. The summed E-state index contributed by atoms with van der Waals surface area (Å²) >= 11 is 6.44. The molecule has 0 radical (unpaired) electrons. The average Bonchev–Trinajstić information content (AvgIpc) is 2.50. The molecule has 0 aromatic rings. The van der Waals surface area contributed by atoms with Crippen molar-refractivity contribution in [2.24, 2.45) is 23.3 Å². The van der Waals surface area contributed by atoms with Crippen molar-refractivity contribution >= 4 is 57.9 Å². The number of hydrogen-bond acceptors (Lipinski definition) is 3. The van der Waals surface area contributed by atoms with Crippen LogP contribution in [0.15, 0.2) is 0 Å². The molecule has 0 unspecified atom stereocenters. The van der Waals surface area contributed by atoms with E-state index in [9.17, 15) is 0 Å². The van der Waals surface area contributed by atoms with Crippen molar-refractivity contribution in [2.45, 2.75) is 77.0 Å². The summed E-state index contributed by atoms with van der Waals surface area (Å²) in [6.45, 7) is 0.894. The summed E-state index contributed by atoms with van der Waals surface area (Å²) in [7, 11) is 0. The number of hydrogen-bond donors (Lipinski definition) is 2. The van der Waals surface area contributed by atoms with Crippen LogP contribution in [0.3, 0.4) is 0 Å². The Morgan fingerprint density at radius 3 is 1.73 bits per heavy atom. The van der Waals surface area contributed by atoms with E-state index in [1.54, 1.807) is 11.8 Å². The number of thioether (sulfide) groups is 1. The van der Waals surface area contributed by atoms with E-state index in [0.29, 0.717) is 4.32 Å². The molecule has 2 saturated carbocycles. The summed E-state index contributed by atoms with van der Waals surface area (Å²) in [5.74, 6) is 3.06. The molecule has 4 N–H and O–H groups in total. The zero-order chi connectivity index (χ0) is 15.3. The van der Waals surface area contributed by atoms with Gasteiger partial charge in [-0.1, -0.05) is 88.2 Å². The first-order chi connectivity index (χ1) is 10.2. The van der Waals surface area contributed by atoms with Crippen LogP contribution in [0, 0.1) is 11.8 Å². The van der Waals surface area contributed by atoms with Crippen LogP contribution in [0.25, 0.3) is 0 Å². The number of nitrogens with two attached hydrogens (primary N) is 2.